The largest absolute Gasteiger partial charge is 0.367 e. The van der Waals surface area contributed by atoms with Crippen LogP contribution in [0.3, 0.4) is 0 Å². The number of urea groups is 1. The van der Waals surface area contributed by atoms with Crippen LogP contribution in [0, 0.1) is 0 Å². The molecule has 1 aliphatic carbocycles. The van der Waals surface area contributed by atoms with Crippen LogP contribution in [0.4, 0.5) is 10.5 Å². The lowest BCUT2D eigenvalue weighted by Gasteiger charge is -2.25. The molecule has 1 unspecified atom stereocenters. The minimum atomic E-state index is -0.103. The summed E-state index contributed by atoms with van der Waals surface area (Å²) in [6.45, 7) is 4.23. The van der Waals surface area contributed by atoms with Gasteiger partial charge >= 0.3 is 6.03 Å². The van der Waals surface area contributed by atoms with Crippen LogP contribution in [0.2, 0.25) is 0 Å². The van der Waals surface area contributed by atoms with E-state index in [-0.39, 0.29) is 11.9 Å². The Morgan fingerprint density at radius 3 is 2.68 bits per heavy atom. The normalized spacial score (nSPS) is 19.2. The Balaban J connectivity index is 1.25. The molecule has 0 radical (unpaired) electrons. The minimum Gasteiger partial charge on any atom is -0.367 e. The molecule has 1 aliphatic heterocycles. The van der Waals surface area contributed by atoms with Crippen LogP contribution in [0.25, 0.3) is 0 Å². The fourth-order valence-electron chi connectivity index (χ4n) is 4.31. The van der Waals surface area contributed by atoms with Crippen LogP contribution in [-0.4, -0.2) is 43.7 Å². The average Bonchev–Trinajstić information content (AvgIpc) is 3.01. The molecule has 1 saturated carbocycles. The Kier molecular flexibility index (Phi) is 7.57. The van der Waals surface area contributed by atoms with Gasteiger partial charge in [0.25, 0.3) is 0 Å². The highest BCUT2D eigenvalue weighted by atomic mass is 16.2. The maximum absolute atomic E-state index is 12.0. The Bertz CT molecular complexity index is 658. The smallest absolute Gasteiger partial charge is 0.315 e. The van der Waals surface area contributed by atoms with Crippen molar-refractivity contribution in [3.05, 3.63) is 29.8 Å². The average molecular weight is 387 g/mol. The number of para-hydroxylation sites is 1. The van der Waals surface area contributed by atoms with E-state index in [2.05, 4.69) is 52.0 Å². The summed E-state index contributed by atoms with van der Waals surface area (Å²) in [7, 11) is 0. The van der Waals surface area contributed by atoms with Crippen molar-refractivity contribution in [3.8, 4) is 0 Å². The minimum absolute atomic E-state index is 0.0506. The first-order valence-electron chi connectivity index (χ1n) is 10.8. The highest BCUT2D eigenvalue weighted by Crippen LogP contribution is 2.31. The molecule has 1 fully saturated rings. The van der Waals surface area contributed by atoms with E-state index in [1.165, 1.54) is 30.5 Å². The van der Waals surface area contributed by atoms with E-state index < -0.39 is 0 Å². The highest BCUT2D eigenvalue weighted by Gasteiger charge is 2.24. The number of amides is 3. The predicted octanol–water partition coefficient (Wildman–Crippen LogP) is 2.97. The van der Waals surface area contributed by atoms with Crippen molar-refractivity contribution in [1.29, 1.82) is 0 Å². The molecule has 154 valence electrons. The third-order valence-corrected chi connectivity index (χ3v) is 5.83. The van der Waals surface area contributed by atoms with E-state index in [1.807, 2.05) is 0 Å². The van der Waals surface area contributed by atoms with Gasteiger partial charge in [-0.25, -0.2) is 4.79 Å². The molecule has 0 saturated heterocycles. The zero-order valence-electron chi connectivity index (χ0n) is 17.0. The number of rotatable bonds is 8. The van der Waals surface area contributed by atoms with E-state index in [0.29, 0.717) is 38.0 Å². The van der Waals surface area contributed by atoms with Gasteiger partial charge in [-0.05, 0) is 44.2 Å². The van der Waals surface area contributed by atoms with Gasteiger partial charge in [0, 0.05) is 43.8 Å². The Morgan fingerprint density at radius 1 is 1.07 bits per heavy atom. The van der Waals surface area contributed by atoms with Gasteiger partial charge in [-0.2, -0.15) is 0 Å². The van der Waals surface area contributed by atoms with Crippen LogP contribution < -0.4 is 20.9 Å². The van der Waals surface area contributed by atoms with Gasteiger partial charge in [0.1, 0.15) is 0 Å². The summed E-state index contributed by atoms with van der Waals surface area (Å²) in [5.74, 6) is 0.0506. The Hall–Kier alpha value is -2.24. The van der Waals surface area contributed by atoms with Gasteiger partial charge in [-0.1, -0.05) is 37.5 Å². The topological polar surface area (TPSA) is 73.5 Å². The molecule has 0 aromatic heterocycles. The number of benzene rings is 1. The molecule has 2 aliphatic rings. The van der Waals surface area contributed by atoms with Gasteiger partial charge in [-0.15, -0.1) is 0 Å². The van der Waals surface area contributed by atoms with Crippen LogP contribution >= 0.6 is 0 Å². The van der Waals surface area contributed by atoms with Gasteiger partial charge in [-0.3, -0.25) is 4.79 Å². The quantitative estimate of drug-likeness (QED) is 0.602. The molecule has 0 bridgehead atoms. The number of carbonyl (C=O) groups is 2. The maximum atomic E-state index is 12.0. The van der Waals surface area contributed by atoms with E-state index in [1.54, 1.807) is 0 Å². The van der Waals surface area contributed by atoms with Crippen LogP contribution in [0.5, 0.6) is 0 Å². The first-order valence-corrected chi connectivity index (χ1v) is 10.8. The monoisotopic (exact) mass is 386 g/mol. The summed E-state index contributed by atoms with van der Waals surface area (Å²) >= 11 is 0. The van der Waals surface area contributed by atoms with Crippen molar-refractivity contribution in [2.24, 2.45) is 0 Å². The van der Waals surface area contributed by atoms with Gasteiger partial charge < -0.3 is 20.9 Å². The van der Waals surface area contributed by atoms with Crippen LogP contribution in [0.15, 0.2) is 24.3 Å². The van der Waals surface area contributed by atoms with E-state index in [4.69, 9.17) is 0 Å². The number of hydrogen-bond acceptors (Lipinski definition) is 3. The molecule has 6 nitrogen and oxygen atoms in total. The fraction of sp³-hybridized carbons (Fsp3) is 0.636. The molecule has 1 aromatic carbocycles. The highest BCUT2D eigenvalue weighted by molar-refractivity contribution is 5.76. The Morgan fingerprint density at radius 2 is 1.86 bits per heavy atom. The second-order valence-electron chi connectivity index (χ2n) is 8.06. The number of fused-ring (bicyclic) bond motifs is 1. The number of nitrogens with one attached hydrogen (secondary N) is 3. The standard InChI is InChI=1S/C22H34N4O2/c1-17-16-18-8-5-6-11-20(18)26(17)15-14-23-21(27)12-7-13-24-22(28)25-19-9-3-2-4-10-19/h5-6,8,11,17,19H,2-4,7,9-10,12-16H2,1H3,(H,23,27)(H2,24,25,28). The summed E-state index contributed by atoms with van der Waals surface area (Å²) in [6, 6.07) is 9.18. The molecule has 1 atom stereocenters. The van der Waals surface area contributed by atoms with Crippen molar-refractivity contribution in [1.82, 2.24) is 16.0 Å². The third-order valence-electron chi connectivity index (χ3n) is 5.83. The fourth-order valence-corrected chi connectivity index (χ4v) is 4.31. The molecule has 1 heterocycles. The zero-order chi connectivity index (χ0) is 19.8. The number of nitrogens with zero attached hydrogens (tertiary/aromatic N) is 1. The molecule has 6 heteroatoms. The second-order valence-corrected chi connectivity index (χ2v) is 8.06. The van der Waals surface area contributed by atoms with Crippen molar-refractivity contribution in [2.45, 2.75) is 70.4 Å². The number of hydrogen-bond donors (Lipinski definition) is 3. The van der Waals surface area contributed by atoms with E-state index in [9.17, 15) is 9.59 Å². The molecule has 28 heavy (non-hydrogen) atoms. The van der Waals surface area contributed by atoms with E-state index in [0.717, 1.165) is 25.8 Å². The number of carbonyl (C=O) groups excluding carboxylic acids is 2. The molecular weight excluding hydrogens is 352 g/mol. The summed E-state index contributed by atoms with van der Waals surface area (Å²) in [4.78, 5) is 26.3. The lowest BCUT2D eigenvalue weighted by Crippen LogP contribution is -2.43. The Labute approximate surface area is 168 Å². The lowest BCUT2D eigenvalue weighted by molar-refractivity contribution is -0.121. The van der Waals surface area contributed by atoms with Crippen molar-refractivity contribution in [3.63, 3.8) is 0 Å². The predicted molar refractivity (Wildman–Crippen MR) is 113 cm³/mol. The van der Waals surface area contributed by atoms with Crippen molar-refractivity contribution in [2.75, 3.05) is 24.5 Å². The molecule has 1 aromatic rings. The maximum Gasteiger partial charge on any atom is 0.315 e. The van der Waals surface area contributed by atoms with Crippen LogP contribution in [-0.2, 0) is 11.2 Å². The lowest BCUT2D eigenvalue weighted by atomic mass is 9.96. The second kappa shape index (κ2) is 10.3. The third kappa shape index (κ3) is 5.88. The van der Waals surface area contributed by atoms with E-state index >= 15 is 0 Å². The SMILES string of the molecule is CC1Cc2ccccc2N1CCNC(=O)CCCNC(=O)NC1CCCCC1. The van der Waals surface area contributed by atoms with Crippen molar-refractivity contribution >= 4 is 17.6 Å². The number of anilines is 1. The summed E-state index contributed by atoms with van der Waals surface area (Å²) in [6.07, 6.45) is 8.01. The summed E-state index contributed by atoms with van der Waals surface area (Å²) < 4.78 is 0. The first kappa shape index (κ1) is 20.5. The summed E-state index contributed by atoms with van der Waals surface area (Å²) in [5, 5.41) is 8.90. The van der Waals surface area contributed by atoms with Gasteiger partial charge in [0.05, 0.1) is 0 Å². The first-order chi connectivity index (χ1) is 13.6. The molecule has 3 rings (SSSR count). The van der Waals surface area contributed by atoms with Gasteiger partial charge in [0.15, 0.2) is 0 Å². The van der Waals surface area contributed by atoms with Gasteiger partial charge in [0.2, 0.25) is 5.91 Å². The summed E-state index contributed by atoms with van der Waals surface area (Å²) in [5.41, 5.74) is 2.68. The molecule has 3 amide bonds. The van der Waals surface area contributed by atoms with Crippen LogP contribution in [0.1, 0.15) is 57.4 Å². The molecular formula is C22H34N4O2. The molecule has 0 spiro atoms. The van der Waals surface area contributed by atoms with Crippen molar-refractivity contribution < 1.29 is 9.59 Å². The zero-order valence-corrected chi connectivity index (χ0v) is 17.0. The molecule has 3 N–H and O–H groups in total.